The van der Waals surface area contributed by atoms with E-state index in [9.17, 15) is 18.8 Å². The molecule has 3 amide bonds. The number of halogens is 1. The fourth-order valence-corrected chi connectivity index (χ4v) is 4.92. The zero-order valence-corrected chi connectivity index (χ0v) is 25.4. The lowest BCUT2D eigenvalue weighted by Crippen LogP contribution is -2.30. The minimum Gasteiger partial charge on any atom is -0.489 e. The lowest BCUT2D eigenvalue weighted by Gasteiger charge is -2.12. The number of anilines is 2. The summed E-state index contributed by atoms with van der Waals surface area (Å²) < 4.78 is 19.0. The smallest absolute Gasteiger partial charge is 0.272 e. The number of hydrogen-bond donors (Lipinski definition) is 3. The van der Waals surface area contributed by atoms with E-state index in [4.69, 9.17) is 4.74 Å². The minimum absolute atomic E-state index is 0.0581. The summed E-state index contributed by atoms with van der Waals surface area (Å²) in [7, 11) is 0. The van der Waals surface area contributed by atoms with Gasteiger partial charge in [-0.25, -0.2) is 4.39 Å². The summed E-state index contributed by atoms with van der Waals surface area (Å²) in [6.45, 7) is 0.428. The van der Waals surface area contributed by atoms with Gasteiger partial charge in [-0.3, -0.25) is 14.4 Å². The summed E-state index contributed by atoms with van der Waals surface area (Å²) >= 11 is 1.32. The zero-order valence-electron chi connectivity index (χ0n) is 24.6. The van der Waals surface area contributed by atoms with Gasteiger partial charge in [0.05, 0.1) is 5.75 Å². The summed E-state index contributed by atoms with van der Waals surface area (Å²) in [6.07, 6.45) is 1.60. The Morgan fingerprint density at radius 3 is 1.98 bits per heavy atom. The maximum absolute atomic E-state index is 13.4. The third-order valence-electron chi connectivity index (χ3n) is 6.58. The van der Waals surface area contributed by atoms with Crippen LogP contribution >= 0.6 is 11.8 Å². The Morgan fingerprint density at radius 2 is 1.30 bits per heavy atom. The van der Waals surface area contributed by atoms with Crippen LogP contribution in [0.3, 0.4) is 0 Å². The first kappa shape index (κ1) is 31.7. The standard InChI is InChI=1S/C37H30FN3O4S/c38-29-13-15-30(16-14-29)39-35(42)25-46-33-21-17-31(18-22-33)40-37(44)34(41-36(43)28-9-5-2-6-10-28)23-26-11-19-32(20-12-26)45-24-27-7-3-1-4-8-27/h1-23H,24-25H2,(H,39,42)(H,40,44)(H,41,43)/b34-23-. The minimum atomic E-state index is -0.507. The van der Waals surface area contributed by atoms with Crippen LogP contribution in [0.2, 0.25) is 0 Å². The summed E-state index contributed by atoms with van der Waals surface area (Å²) in [5.74, 6) is -0.708. The van der Waals surface area contributed by atoms with Crippen molar-refractivity contribution in [3.8, 4) is 5.75 Å². The molecule has 0 bridgehead atoms. The van der Waals surface area contributed by atoms with Crippen LogP contribution < -0.4 is 20.7 Å². The topological polar surface area (TPSA) is 96.5 Å². The van der Waals surface area contributed by atoms with Gasteiger partial charge in [-0.05, 0) is 90.0 Å². The highest BCUT2D eigenvalue weighted by Gasteiger charge is 2.15. The third-order valence-corrected chi connectivity index (χ3v) is 7.59. The van der Waals surface area contributed by atoms with Crippen LogP contribution in [0.25, 0.3) is 6.08 Å². The molecule has 0 aliphatic rings. The van der Waals surface area contributed by atoms with Crippen molar-refractivity contribution in [1.82, 2.24) is 5.32 Å². The van der Waals surface area contributed by atoms with Crippen molar-refractivity contribution in [2.24, 2.45) is 0 Å². The lowest BCUT2D eigenvalue weighted by molar-refractivity contribution is -0.114. The van der Waals surface area contributed by atoms with Crippen LogP contribution in [0, 0.1) is 5.82 Å². The number of thioether (sulfide) groups is 1. The van der Waals surface area contributed by atoms with Gasteiger partial charge < -0.3 is 20.7 Å². The molecule has 5 aromatic rings. The van der Waals surface area contributed by atoms with E-state index in [0.29, 0.717) is 34.9 Å². The van der Waals surface area contributed by atoms with Crippen LogP contribution in [-0.2, 0) is 16.2 Å². The van der Waals surface area contributed by atoms with E-state index in [1.54, 1.807) is 78.9 Å². The highest BCUT2D eigenvalue weighted by molar-refractivity contribution is 8.00. The fourth-order valence-electron chi connectivity index (χ4n) is 4.22. The van der Waals surface area contributed by atoms with Gasteiger partial charge in [0.25, 0.3) is 11.8 Å². The average molecular weight is 632 g/mol. The number of rotatable bonds is 12. The fraction of sp³-hybridized carbons (Fsp3) is 0.0541. The molecule has 7 nitrogen and oxygen atoms in total. The molecule has 0 aromatic heterocycles. The van der Waals surface area contributed by atoms with Crippen LogP contribution in [-0.4, -0.2) is 23.5 Å². The number of ether oxygens (including phenoxy) is 1. The van der Waals surface area contributed by atoms with Crippen molar-refractivity contribution in [2.75, 3.05) is 16.4 Å². The second-order valence-electron chi connectivity index (χ2n) is 10.0. The molecular weight excluding hydrogens is 601 g/mol. The van der Waals surface area contributed by atoms with Crippen LogP contribution in [0.5, 0.6) is 5.75 Å². The van der Waals surface area contributed by atoms with E-state index < -0.39 is 11.8 Å². The highest BCUT2D eigenvalue weighted by atomic mass is 32.2. The highest BCUT2D eigenvalue weighted by Crippen LogP contribution is 2.22. The molecule has 0 atom stereocenters. The van der Waals surface area contributed by atoms with Crippen LogP contribution in [0.1, 0.15) is 21.5 Å². The Kier molecular flexibility index (Phi) is 11.0. The second-order valence-corrected chi connectivity index (χ2v) is 11.1. The van der Waals surface area contributed by atoms with Crippen molar-refractivity contribution < 1.29 is 23.5 Å². The SMILES string of the molecule is O=C(CSc1ccc(NC(=O)/C(=C/c2ccc(OCc3ccccc3)cc2)NC(=O)c2ccccc2)cc1)Nc1ccc(F)cc1. The number of benzene rings is 5. The van der Waals surface area contributed by atoms with Crippen molar-refractivity contribution >= 4 is 46.9 Å². The molecule has 0 fully saturated rings. The third kappa shape index (κ3) is 9.67. The molecule has 9 heteroatoms. The van der Waals surface area contributed by atoms with Gasteiger partial charge in [0, 0.05) is 21.8 Å². The summed E-state index contributed by atoms with van der Waals surface area (Å²) in [6, 6.07) is 38.2. The molecule has 0 unspecified atom stereocenters. The van der Waals surface area contributed by atoms with E-state index in [2.05, 4.69) is 16.0 Å². The molecule has 5 aromatic carbocycles. The molecule has 0 aliphatic carbocycles. The molecule has 5 rings (SSSR count). The molecule has 46 heavy (non-hydrogen) atoms. The Hall–Kier alpha value is -5.67. The predicted molar refractivity (Wildman–Crippen MR) is 180 cm³/mol. The number of carbonyl (C=O) groups is 3. The largest absolute Gasteiger partial charge is 0.489 e. The maximum Gasteiger partial charge on any atom is 0.272 e. The summed E-state index contributed by atoms with van der Waals surface area (Å²) in [5, 5.41) is 8.29. The van der Waals surface area contributed by atoms with Gasteiger partial charge in [0.1, 0.15) is 23.9 Å². The van der Waals surface area contributed by atoms with E-state index in [-0.39, 0.29) is 23.2 Å². The Morgan fingerprint density at radius 1 is 0.696 bits per heavy atom. The van der Waals surface area contributed by atoms with Gasteiger partial charge >= 0.3 is 0 Å². The Labute approximate surface area is 270 Å². The van der Waals surface area contributed by atoms with Crippen molar-refractivity contribution in [3.05, 3.63) is 162 Å². The van der Waals surface area contributed by atoms with Crippen molar-refractivity contribution in [3.63, 3.8) is 0 Å². The summed E-state index contributed by atoms with van der Waals surface area (Å²) in [5.41, 5.74) is 3.23. The monoisotopic (exact) mass is 631 g/mol. The van der Waals surface area contributed by atoms with E-state index in [0.717, 1.165) is 10.5 Å². The maximum atomic E-state index is 13.4. The van der Waals surface area contributed by atoms with E-state index in [1.807, 2.05) is 36.4 Å². The quantitative estimate of drug-likeness (QED) is 0.0977. The Balaban J connectivity index is 1.23. The molecule has 3 N–H and O–H groups in total. The second kappa shape index (κ2) is 15.9. The number of hydrogen-bond acceptors (Lipinski definition) is 5. The predicted octanol–water partition coefficient (Wildman–Crippen LogP) is 7.55. The van der Waals surface area contributed by atoms with Gasteiger partial charge in [0.15, 0.2) is 0 Å². The van der Waals surface area contributed by atoms with Gasteiger partial charge in [0.2, 0.25) is 5.91 Å². The number of nitrogens with one attached hydrogen (secondary N) is 3. The molecular formula is C37H30FN3O4S. The van der Waals surface area contributed by atoms with Crippen molar-refractivity contribution in [1.29, 1.82) is 0 Å². The molecule has 0 saturated heterocycles. The zero-order chi connectivity index (χ0) is 32.1. The van der Waals surface area contributed by atoms with Crippen LogP contribution in [0.4, 0.5) is 15.8 Å². The molecule has 0 aliphatic heterocycles. The summed E-state index contributed by atoms with van der Waals surface area (Å²) in [4.78, 5) is 39.5. The van der Waals surface area contributed by atoms with Crippen molar-refractivity contribution in [2.45, 2.75) is 11.5 Å². The van der Waals surface area contributed by atoms with Gasteiger partial charge in [-0.1, -0.05) is 60.7 Å². The first-order chi connectivity index (χ1) is 22.4. The number of carbonyl (C=O) groups excluding carboxylic acids is 3. The normalized spacial score (nSPS) is 10.9. The Bertz CT molecular complexity index is 1800. The molecule has 0 saturated carbocycles. The van der Waals surface area contributed by atoms with E-state index in [1.165, 1.54) is 36.0 Å². The molecule has 0 spiro atoms. The first-order valence-electron chi connectivity index (χ1n) is 14.4. The average Bonchev–Trinajstić information content (AvgIpc) is 3.09. The lowest BCUT2D eigenvalue weighted by atomic mass is 10.1. The molecule has 0 radical (unpaired) electrons. The van der Waals surface area contributed by atoms with Gasteiger partial charge in [-0.15, -0.1) is 11.8 Å². The molecule has 0 heterocycles. The van der Waals surface area contributed by atoms with Gasteiger partial charge in [-0.2, -0.15) is 0 Å². The van der Waals surface area contributed by atoms with Crippen LogP contribution in [0.15, 0.2) is 144 Å². The van der Waals surface area contributed by atoms with E-state index >= 15 is 0 Å². The molecule has 230 valence electrons. The first-order valence-corrected chi connectivity index (χ1v) is 15.3. The number of amides is 3.